The number of hydrogen-bond donors (Lipinski definition) is 1. The number of hydrogen-bond acceptors (Lipinski definition) is 4. The molecular weight excluding hydrogens is 266 g/mol. The minimum atomic E-state index is -0.504. The van der Waals surface area contributed by atoms with Gasteiger partial charge in [0.1, 0.15) is 5.60 Å². The van der Waals surface area contributed by atoms with Gasteiger partial charge in [0, 0.05) is 32.4 Å². The van der Waals surface area contributed by atoms with Crippen LogP contribution in [0.15, 0.2) is 18.2 Å². The van der Waals surface area contributed by atoms with Crippen molar-refractivity contribution in [2.75, 3.05) is 30.4 Å². The van der Waals surface area contributed by atoms with Crippen LogP contribution in [0.3, 0.4) is 0 Å². The lowest BCUT2D eigenvalue weighted by Crippen LogP contribution is -2.41. The Morgan fingerprint density at radius 1 is 1.38 bits per heavy atom. The van der Waals surface area contributed by atoms with E-state index in [2.05, 4.69) is 0 Å². The third-order valence-electron chi connectivity index (χ3n) is 3.50. The molecule has 0 saturated carbocycles. The van der Waals surface area contributed by atoms with Crippen LogP contribution in [0.2, 0.25) is 0 Å². The molecule has 1 aromatic rings. The summed E-state index contributed by atoms with van der Waals surface area (Å²) < 4.78 is 5.50. The Balaban J connectivity index is 2.37. The van der Waals surface area contributed by atoms with E-state index in [4.69, 9.17) is 10.5 Å². The van der Waals surface area contributed by atoms with Gasteiger partial charge in [-0.1, -0.05) is 6.07 Å². The third-order valence-corrected chi connectivity index (χ3v) is 3.50. The van der Waals surface area contributed by atoms with Crippen molar-refractivity contribution < 1.29 is 9.53 Å². The number of nitrogens with two attached hydrogens (primary N) is 1. The van der Waals surface area contributed by atoms with E-state index >= 15 is 0 Å². The summed E-state index contributed by atoms with van der Waals surface area (Å²) in [7, 11) is 3.95. The SMILES string of the molecule is CN(C)c1ccc2c(c1)N(C(=O)OC(C)(C)C)CCC2N. The van der Waals surface area contributed by atoms with Crippen molar-refractivity contribution in [3.8, 4) is 0 Å². The number of anilines is 2. The quantitative estimate of drug-likeness (QED) is 0.864. The van der Waals surface area contributed by atoms with E-state index in [1.807, 2.05) is 58.0 Å². The van der Waals surface area contributed by atoms with Crippen molar-refractivity contribution in [2.45, 2.75) is 38.8 Å². The highest BCUT2D eigenvalue weighted by molar-refractivity contribution is 5.90. The first-order chi connectivity index (χ1) is 9.69. The monoisotopic (exact) mass is 291 g/mol. The molecule has 0 spiro atoms. The summed E-state index contributed by atoms with van der Waals surface area (Å²) >= 11 is 0. The Morgan fingerprint density at radius 3 is 2.62 bits per heavy atom. The molecule has 1 heterocycles. The molecule has 0 aliphatic carbocycles. The van der Waals surface area contributed by atoms with Crippen molar-refractivity contribution >= 4 is 17.5 Å². The van der Waals surface area contributed by atoms with Gasteiger partial charge < -0.3 is 15.4 Å². The van der Waals surface area contributed by atoms with E-state index in [0.717, 1.165) is 23.4 Å². The molecule has 5 nitrogen and oxygen atoms in total. The molecule has 5 heteroatoms. The molecule has 2 rings (SSSR count). The van der Waals surface area contributed by atoms with Crippen molar-refractivity contribution in [1.82, 2.24) is 0 Å². The molecule has 1 aliphatic heterocycles. The van der Waals surface area contributed by atoms with Crippen LogP contribution in [-0.4, -0.2) is 32.3 Å². The van der Waals surface area contributed by atoms with Gasteiger partial charge in [0.2, 0.25) is 0 Å². The summed E-state index contributed by atoms with van der Waals surface area (Å²) in [6.07, 6.45) is 0.430. The summed E-state index contributed by atoms with van der Waals surface area (Å²) in [5, 5.41) is 0. The first-order valence-electron chi connectivity index (χ1n) is 7.26. The van der Waals surface area contributed by atoms with Crippen LogP contribution in [0.25, 0.3) is 0 Å². The van der Waals surface area contributed by atoms with Gasteiger partial charge in [-0.05, 0) is 44.9 Å². The molecule has 0 radical (unpaired) electrons. The van der Waals surface area contributed by atoms with Crippen LogP contribution in [0.5, 0.6) is 0 Å². The zero-order valence-electron chi connectivity index (χ0n) is 13.5. The smallest absolute Gasteiger partial charge is 0.414 e. The maximum Gasteiger partial charge on any atom is 0.414 e. The van der Waals surface area contributed by atoms with E-state index in [-0.39, 0.29) is 12.1 Å². The van der Waals surface area contributed by atoms with Crippen LogP contribution in [-0.2, 0) is 4.74 Å². The van der Waals surface area contributed by atoms with Crippen LogP contribution in [0, 0.1) is 0 Å². The number of fused-ring (bicyclic) bond motifs is 1. The zero-order valence-corrected chi connectivity index (χ0v) is 13.5. The predicted molar refractivity (Wildman–Crippen MR) is 85.9 cm³/mol. The van der Waals surface area contributed by atoms with Crippen molar-refractivity contribution in [1.29, 1.82) is 0 Å². The number of rotatable bonds is 1. The lowest BCUT2D eigenvalue weighted by Gasteiger charge is -2.34. The molecule has 2 N–H and O–H groups in total. The van der Waals surface area contributed by atoms with Gasteiger partial charge in [0.25, 0.3) is 0 Å². The topological polar surface area (TPSA) is 58.8 Å². The van der Waals surface area contributed by atoms with E-state index in [0.29, 0.717) is 6.54 Å². The Labute approximate surface area is 126 Å². The summed E-state index contributed by atoms with van der Waals surface area (Å²) in [5.41, 5.74) is 8.56. The molecule has 0 bridgehead atoms. The molecular formula is C16H25N3O2. The fourth-order valence-corrected chi connectivity index (χ4v) is 2.41. The van der Waals surface area contributed by atoms with Gasteiger partial charge in [-0.15, -0.1) is 0 Å². The van der Waals surface area contributed by atoms with Gasteiger partial charge in [0.15, 0.2) is 0 Å². The maximum absolute atomic E-state index is 12.4. The van der Waals surface area contributed by atoms with Gasteiger partial charge in [-0.25, -0.2) is 4.79 Å². The van der Waals surface area contributed by atoms with Crippen molar-refractivity contribution in [3.63, 3.8) is 0 Å². The van der Waals surface area contributed by atoms with Crippen LogP contribution < -0.4 is 15.5 Å². The Hall–Kier alpha value is -1.75. The number of carbonyl (C=O) groups is 1. The number of nitrogens with zero attached hydrogens (tertiary/aromatic N) is 2. The number of amides is 1. The fraction of sp³-hybridized carbons (Fsp3) is 0.562. The summed E-state index contributed by atoms with van der Waals surface area (Å²) in [4.78, 5) is 16.1. The maximum atomic E-state index is 12.4. The zero-order chi connectivity index (χ0) is 15.8. The first kappa shape index (κ1) is 15.6. The molecule has 1 amide bonds. The highest BCUT2D eigenvalue weighted by Gasteiger charge is 2.30. The second-order valence-corrected chi connectivity index (χ2v) is 6.66. The highest BCUT2D eigenvalue weighted by atomic mass is 16.6. The third kappa shape index (κ3) is 3.47. The van der Waals surface area contributed by atoms with Crippen molar-refractivity contribution in [3.05, 3.63) is 23.8 Å². The second-order valence-electron chi connectivity index (χ2n) is 6.66. The molecule has 0 saturated heterocycles. The average molecular weight is 291 g/mol. The molecule has 0 fully saturated rings. The second kappa shape index (κ2) is 5.56. The molecule has 1 aromatic carbocycles. The summed E-state index contributed by atoms with van der Waals surface area (Å²) in [5.74, 6) is 0. The number of ether oxygens (including phenoxy) is 1. The van der Waals surface area contributed by atoms with E-state index in [9.17, 15) is 4.79 Å². The molecule has 0 aromatic heterocycles. The molecule has 116 valence electrons. The normalized spacial score (nSPS) is 18.2. The lowest BCUT2D eigenvalue weighted by molar-refractivity contribution is 0.0576. The van der Waals surface area contributed by atoms with E-state index in [1.165, 1.54) is 0 Å². The lowest BCUT2D eigenvalue weighted by atomic mass is 9.97. The van der Waals surface area contributed by atoms with Gasteiger partial charge in [0.05, 0.1) is 5.69 Å². The predicted octanol–water partition coefficient (Wildman–Crippen LogP) is 2.90. The Bertz CT molecular complexity index is 535. The van der Waals surface area contributed by atoms with E-state index in [1.54, 1.807) is 4.90 Å². The Morgan fingerprint density at radius 2 is 2.05 bits per heavy atom. The van der Waals surface area contributed by atoms with Gasteiger partial charge in [-0.2, -0.15) is 0 Å². The standard InChI is InChI=1S/C16H25N3O2/c1-16(2,3)21-15(20)19-9-8-13(17)12-7-6-11(18(4)5)10-14(12)19/h6-7,10,13H,8-9,17H2,1-5H3. The van der Waals surface area contributed by atoms with Gasteiger partial charge in [-0.3, -0.25) is 4.90 Å². The average Bonchev–Trinajstić information content (AvgIpc) is 2.36. The van der Waals surface area contributed by atoms with Crippen LogP contribution in [0.1, 0.15) is 38.8 Å². The molecule has 1 aliphatic rings. The minimum absolute atomic E-state index is 0.0325. The highest BCUT2D eigenvalue weighted by Crippen LogP contribution is 2.36. The summed E-state index contributed by atoms with van der Waals surface area (Å²) in [6, 6.07) is 6.00. The number of benzene rings is 1. The molecule has 1 unspecified atom stereocenters. The Kier molecular flexibility index (Phi) is 4.14. The van der Waals surface area contributed by atoms with Gasteiger partial charge >= 0.3 is 6.09 Å². The summed E-state index contributed by atoms with van der Waals surface area (Å²) in [6.45, 7) is 6.20. The first-order valence-corrected chi connectivity index (χ1v) is 7.26. The van der Waals surface area contributed by atoms with E-state index < -0.39 is 5.60 Å². The largest absolute Gasteiger partial charge is 0.443 e. The molecule has 21 heavy (non-hydrogen) atoms. The van der Waals surface area contributed by atoms with Crippen LogP contribution in [0.4, 0.5) is 16.2 Å². The van der Waals surface area contributed by atoms with Crippen LogP contribution >= 0.6 is 0 Å². The molecule has 1 atom stereocenters. The fourth-order valence-electron chi connectivity index (χ4n) is 2.41. The van der Waals surface area contributed by atoms with Crippen molar-refractivity contribution in [2.24, 2.45) is 5.73 Å². The number of carbonyl (C=O) groups excluding carboxylic acids is 1. The minimum Gasteiger partial charge on any atom is -0.443 e.